The summed E-state index contributed by atoms with van der Waals surface area (Å²) in [5.41, 5.74) is 1.58. The summed E-state index contributed by atoms with van der Waals surface area (Å²) in [7, 11) is 1.70. The third-order valence-electron chi connectivity index (χ3n) is 5.46. The maximum Gasteiger partial charge on any atom is 0.118 e. The molecule has 1 saturated heterocycles. The highest BCUT2D eigenvalue weighted by Crippen LogP contribution is 2.42. The van der Waals surface area contributed by atoms with E-state index in [-0.39, 0.29) is 6.10 Å². The lowest BCUT2D eigenvalue weighted by Crippen LogP contribution is -2.51. The number of methoxy groups -OCH3 is 1. The Morgan fingerprint density at radius 2 is 2.10 bits per heavy atom. The lowest BCUT2D eigenvalue weighted by molar-refractivity contribution is -0.129. The molecule has 0 spiro atoms. The predicted molar refractivity (Wildman–Crippen MR) is 121 cm³/mol. The molecule has 0 saturated carbocycles. The van der Waals surface area contributed by atoms with E-state index < -0.39 is 5.60 Å². The Bertz CT molecular complexity index is 797. The second kappa shape index (κ2) is 10.8. The van der Waals surface area contributed by atoms with Gasteiger partial charge in [0.05, 0.1) is 6.61 Å². The van der Waals surface area contributed by atoms with Crippen LogP contribution in [-0.4, -0.2) is 50.9 Å². The molecule has 2 atom stereocenters. The summed E-state index contributed by atoms with van der Waals surface area (Å²) in [6.07, 6.45) is 4.02. The van der Waals surface area contributed by atoms with Crippen molar-refractivity contribution in [3.8, 4) is 11.1 Å². The second-order valence-electron chi connectivity index (χ2n) is 7.33. The van der Waals surface area contributed by atoms with E-state index in [1.54, 1.807) is 18.9 Å². The van der Waals surface area contributed by atoms with Crippen LogP contribution in [0.2, 0.25) is 5.02 Å². The molecule has 4 nitrogen and oxygen atoms in total. The average Bonchev–Trinajstić information content (AvgIpc) is 2.77. The maximum absolute atomic E-state index is 12.0. The molecule has 0 bridgehead atoms. The zero-order valence-electron chi connectivity index (χ0n) is 17.1. The Morgan fingerprint density at radius 3 is 2.83 bits per heavy atom. The molecule has 1 fully saturated rings. The minimum Gasteiger partial charge on any atom is -0.385 e. The van der Waals surface area contributed by atoms with Gasteiger partial charge in [0.15, 0.2) is 0 Å². The zero-order valence-corrected chi connectivity index (χ0v) is 18.7. The lowest BCUT2D eigenvalue weighted by Gasteiger charge is -2.40. The Hall–Kier alpha value is -1.08. The quantitative estimate of drug-likeness (QED) is 0.440. The largest absolute Gasteiger partial charge is 0.385 e. The van der Waals surface area contributed by atoms with Crippen LogP contribution in [0.3, 0.4) is 0 Å². The van der Waals surface area contributed by atoms with Crippen molar-refractivity contribution < 1.29 is 14.6 Å². The number of morpholine rings is 1. The highest BCUT2D eigenvalue weighted by molar-refractivity contribution is 7.98. The molecule has 2 aromatic rings. The van der Waals surface area contributed by atoms with Crippen molar-refractivity contribution in [1.29, 1.82) is 0 Å². The fraction of sp³-hybridized carbons (Fsp3) is 0.478. The van der Waals surface area contributed by atoms with Crippen molar-refractivity contribution >= 4 is 23.4 Å². The van der Waals surface area contributed by atoms with Gasteiger partial charge in [0.1, 0.15) is 11.7 Å². The van der Waals surface area contributed by atoms with Gasteiger partial charge < -0.3 is 19.9 Å². The van der Waals surface area contributed by atoms with Gasteiger partial charge >= 0.3 is 0 Å². The number of rotatable bonds is 9. The topological polar surface area (TPSA) is 50.7 Å². The van der Waals surface area contributed by atoms with Gasteiger partial charge in [-0.2, -0.15) is 0 Å². The summed E-state index contributed by atoms with van der Waals surface area (Å²) >= 11 is 8.38. The summed E-state index contributed by atoms with van der Waals surface area (Å²) in [5.74, 6) is 0. The van der Waals surface area contributed by atoms with Crippen molar-refractivity contribution in [2.45, 2.75) is 35.9 Å². The molecule has 0 aromatic heterocycles. The number of unbranched alkanes of at least 4 members (excludes halogenated alkanes) is 1. The summed E-state index contributed by atoms with van der Waals surface area (Å²) in [4.78, 5) is 1.16. The van der Waals surface area contributed by atoms with E-state index in [1.807, 2.05) is 24.3 Å². The second-order valence-corrected chi connectivity index (χ2v) is 8.62. The summed E-state index contributed by atoms with van der Waals surface area (Å²) in [6.45, 7) is 2.67. The first kappa shape index (κ1) is 22.6. The first-order valence-corrected chi connectivity index (χ1v) is 11.7. The van der Waals surface area contributed by atoms with Gasteiger partial charge in [0.25, 0.3) is 0 Å². The van der Waals surface area contributed by atoms with Gasteiger partial charge in [0, 0.05) is 42.3 Å². The Labute approximate surface area is 182 Å². The molecule has 0 aliphatic carbocycles. The van der Waals surface area contributed by atoms with Crippen LogP contribution in [0.15, 0.2) is 47.4 Å². The number of benzene rings is 2. The summed E-state index contributed by atoms with van der Waals surface area (Å²) in [6, 6.07) is 14.1. The SMILES string of the molecule is COCCCC[C@@](O)(c1cccc(Cl)c1-c1cccc(SC)c1)C1CNCCO1. The smallest absolute Gasteiger partial charge is 0.118 e. The van der Waals surface area contributed by atoms with E-state index >= 15 is 0 Å². The van der Waals surface area contributed by atoms with Gasteiger partial charge in [-0.05, 0) is 54.8 Å². The van der Waals surface area contributed by atoms with Crippen molar-refractivity contribution in [3.63, 3.8) is 0 Å². The standard InChI is InChI=1S/C23H30ClNO3S/c1-27-13-4-3-11-23(26,21-16-25-12-14-28-21)19-9-6-10-20(24)22(19)17-7-5-8-18(15-17)29-2/h5-10,15,21,25-26H,3-4,11-14,16H2,1-2H3/t21?,23-/m1/s1. The van der Waals surface area contributed by atoms with Crippen LogP contribution in [0.4, 0.5) is 0 Å². The number of thioether (sulfide) groups is 1. The summed E-state index contributed by atoms with van der Waals surface area (Å²) in [5, 5.41) is 16.0. The zero-order chi connectivity index (χ0) is 20.7. The van der Waals surface area contributed by atoms with Crippen LogP contribution in [-0.2, 0) is 15.1 Å². The molecule has 6 heteroatoms. The van der Waals surface area contributed by atoms with Crippen molar-refractivity contribution in [2.75, 3.05) is 39.7 Å². The molecule has 1 aliphatic heterocycles. The van der Waals surface area contributed by atoms with Crippen LogP contribution in [0.25, 0.3) is 11.1 Å². The van der Waals surface area contributed by atoms with E-state index in [4.69, 9.17) is 21.1 Å². The molecule has 2 aromatic carbocycles. The minimum atomic E-state index is -1.14. The Balaban J connectivity index is 2.05. The Morgan fingerprint density at radius 1 is 1.28 bits per heavy atom. The summed E-state index contributed by atoms with van der Waals surface area (Å²) < 4.78 is 11.2. The molecule has 3 rings (SSSR count). The molecule has 158 valence electrons. The van der Waals surface area contributed by atoms with Gasteiger partial charge in [0.2, 0.25) is 0 Å². The number of nitrogens with one attached hydrogen (secondary N) is 1. The van der Waals surface area contributed by atoms with E-state index in [2.05, 4.69) is 29.8 Å². The fourth-order valence-electron chi connectivity index (χ4n) is 3.94. The average molecular weight is 436 g/mol. The molecular weight excluding hydrogens is 406 g/mol. The lowest BCUT2D eigenvalue weighted by atomic mass is 9.79. The van der Waals surface area contributed by atoms with E-state index in [9.17, 15) is 5.11 Å². The van der Waals surface area contributed by atoms with Crippen LogP contribution in [0, 0.1) is 0 Å². The van der Waals surface area contributed by atoms with Crippen molar-refractivity contribution in [3.05, 3.63) is 53.1 Å². The molecule has 1 unspecified atom stereocenters. The van der Waals surface area contributed by atoms with Crippen LogP contribution < -0.4 is 5.32 Å². The molecular formula is C23H30ClNO3S. The monoisotopic (exact) mass is 435 g/mol. The first-order chi connectivity index (χ1) is 14.1. The molecule has 2 N–H and O–H groups in total. The van der Waals surface area contributed by atoms with Gasteiger partial charge in [-0.3, -0.25) is 0 Å². The normalized spacial score (nSPS) is 19.1. The number of hydrogen-bond acceptors (Lipinski definition) is 5. The van der Waals surface area contributed by atoms with Crippen molar-refractivity contribution in [2.24, 2.45) is 0 Å². The van der Waals surface area contributed by atoms with Crippen LogP contribution in [0.1, 0.15) is 24.8 Å². The molecule has 0 radical (unpaired) electrons. The number of aliphatic hydroxyl groups is 1. The third-order valence-corrected chi connectivity index (χ3v) is 6.50. The highest BCUT2D eigenvalue weighted by atomic mass is 35.5. The number of hydrogen-bond donors (Lipinski definition) is 2. The molecule has 1 heterocycles. The maximum atomic E-state index is 12.0. The minimum absolute atomic E-state index is 0.334. The van der Waals surface area contributed by atoms with Crippen LogP contribution >= 0.6 is 23.4 Å². The van der Waals surface area contributed by atoms with Crippen LogP contribution in [0.5, 0.6) is 0 Å². The predicted octanol–water partition coefficient (Wildman–Crippen LogP) is 4.72. The number of halogens is 1. The molecule has 1 aliphatic rings. The third kappa shape index (κ3) is 5.35. The van der Waals surface area contributed by atoms with Gasteiger partial charge in [-0.15, -0.1) is 11.8 Å². The van der Waals surface area contributed by atoms with E-state index in [1.165, 1.54) is 0 Å². The highest BCUT2D eigenvalue weighted by Gasteiger charge is 2.41. The fourth-order valence-corrected chi connectivity index (χ4v) is 4.68. The van der Waals surface area contributed by atoms with E-state index in [0.29, 0.717) is 31.2 Å². The van der Waals surface area contributed by atoms with Gasteiger partial charge in [-0.25, -0.2) is 0 Å². The first-order valence-electron chi connectivity index (χ1n) is 10.1. The molecule has 29 heavy (non-hydrogen) atoms. The Kier molecular flexibility index (Phi) is 8.42. The van der Waals surface area contributed by atoms with Gasteiger partial charge in [-0.1, -0.05) is 35.9 Å². The number of ether oxygens (including phenoxy) is 2. The van der Waals surface area contributed by atoms with E-state index in [0.717, 1.165) is 41.0 Å². The molecule has 0 amide bonds. The van der Waals surface area contributed by atoms with Crippen molar-refractivity contribution in [1.82, 2.24) is 5.32 Å².